The lowest BCUT2D eigenvalue weighted by atomic mass is 9.78. The van der Waals surface area contributed by atoms with Gasteiger partial charge in [-0.05, 0) is 78.2 Å². The van der Waals surface area contributed by atoms with Crippen molar-refractivity contribution in [3.63, 3.8) is 0 Å². The number of rotatable bonds is 6. The van der Waals surface area contributed by atoms with Crippen LogP contribution in [0.15, 0.2) is 91.0 Å². The molecule has 4 aromatic carbocycles. The van der Waals surface area contributed by atoms with E-state index in [0.717, 1.165) is 5.56 Å². The maximum atomic E-state index is 14.3. The van der Waals surface area contributed by atoms with Crippen molar-refractivity contribution in [1.29, 1.82) is 0 Å². The number of methoxy groups -OCH3 is 2. The zero-order valence-electron chi connectivity index (χ0n) is 21.3. The first-order chi connectivity index (χ1) is 18.4. The molecule has 0 bridgehead atoms. The van der Waals surface area contributed by atoms with E-state index in [0.29, 0.717) is 39.6 Å². The first kappa shape index (κ1) is 25.0. The number of nitrogens with zero attached hydrogens (tertiary/aromatic N) is 1. The monoisotopic (exact) mass is 510 g/mol. The van der Waals surface area contributed by atoms with Crippen LogP contribution in [0.25, 0.3) is 0 Å². The average molecular weight is 511 g/mol. The van der Waals surface area contributed by atoms with Crippen molar-refractivity contribution >= 4 is 23.2 Å². The highest BCUT2D eigenvalue weighted by Crippen LogP contribution is 2.46. The van der Waals surface area contributed by atoms with E-state index in [4.69, 9.17) is 9.47 Å². The summed E-state index contributed by atoms with van der Waals surface area (Å²) < 4.78 is 24.9. The average Bonchev–Trinajstić information content (AvgIpc) is 2.95. The first-order valence-electron chi connectivity index (χ1n) is 12.2. The number of hydrogen-bond acceptors (Lipinski definition) is 4. The molecule has 0 radical (unpaired) electrons. The van der Waals surface area contributed by atoms with E-state index >= 15 is 0 Å². The predicted molar refractivity (Wildman–Crippen MR) is 144 cm³/mol. The van der Waals surface area contributed by atoms with Gasteiger partial charge in [-0.2, -0.15) is 0 Å². The fraction of sp³-hybridized carbons (Fsp3) is 0.161. The number of ether oxygens (including phenoxy) is 2. The topological polar surface area (TPSA) is 67.9 Å². The van der Waals surface area contributed by atoms with Gasteiger partial charge in [0.1, 0.15) is 17.3 Å². The second kappa shape index (κ2) is 10.4. The molecule has 1 heterocycles. The molecule has 0 spiro atoms. The Balaban J connectivity index is 1.67. The zero-order chi connectivity index (χ0) is 26.8. The maximum Gasteiger partial charge on any atom is 0.259 e. The number of nitrogens with one attached hydrogen (secondary N) is 1. The molecule has 6 nitrogen and oxygen atoms in total. The van der Waals surface area contributed by atoms with Crippen LogP contribution in [0.3, 0.4) is 0 Å². The number of halogens is 1. The normalized spacial score (nSPS) is 16.5. The Morgan fingerprint density at radius 3 is 2.13 bits per heavy atom. The van der Waals surface area contributed by atoms with Crippen LogP contribution in [0.1, 0.15) is 39.0 Å². The fourth-order valence-corrected chi connectivity index (χ4v) is 4.88. The summed E-state index contributed by atoms with van der Waals surface area (Å²) in [4.78, 5) is 29.6. The van der Waals surface area contributed by atoms with Crippen LogP contribution < -0.4 is 19.7 Å². The third-order valence-corrected chi connectivity index (χ3v) is 6.87. The Labute approximate surface area is 220 Å². The van der Waals surface area contributed by atoms with Crippen molar-refractivity contribution in [2.75, 3.05) is 24.4 Å². The van der Waals surface area contributed by atoms with Gasteiger partial charge in [0.05, 0.1) is 26.2 Å². The van der Waals surface area contributed by atoms with Gasteiger partial charge in [0.25, 0.3) is 5.91 Å². The van der Waals surface area contributed by atoms with Crippen LogP contribution in [0.5, 0.6) is 11.5 Å². The molecule has 4 aromatic rings. The molecule has 7 heteroatoms. The molecular formula is C31H27FN2O4. The molecule has 2 atom stereocenters. The minimum atomic E-state index is -0.788. The van der Waals surface area contributed by atoms with Gasteiger partial charge < -0.3 is 14.8 Å². The number of carbonyl (C=O) groups is 2. The van der Waals surface area contributed by atoms with Gasteiger partial charge in [-0.3, -0.25) is 14.5 Å². The quantitative estimate of drug-likeness (QED) is 0.332. The van der Waals surface area contributed by atoms with Gasteiger partial charge in [-0.1, -0.05) is 36.4 Å². The number of amides is 2. The van der Waals surface area contributed by atoms with E-state index in [1.807, 2.05) is 18.2 Å². The highest BCUT2D eigenvalue weighted by Gasteiger charge is 2.45. The summed E-state index contributed by atoms with van der Waals surface area (Å²) in [6, 6.07) is 25.5. The smallest absolute Gasteiger partial charge is 0.259 e. The van der Waals surface area contributed by atoms with Crippen molar-refractivity contribution in [2.45, 2.75) is 18.9 Å². The molecule has 0 saturated carbocycles. The van der Waals surface area contributed by atoms with Gasteiger partial charge in [-0.25, -0.2) is 4.39 Å². The number of aryl methyl sites for hydroxylation is 1. The summed E-state index contributed by atoms with van der Waals surface area (Å²) in [7, 11) is 3.15. The summed E-state index contributed by atoms with van der Waals surface area (Å²) in [5.41, 5.74) is 3.23. The molecule has 0 aromatic heterocycles. The van der Waals surface area contributed by atoms with Crippen LogP contribution in [0.2, 0.25) is 0 Å². The molecule has 1 aliphatic rings. The molecule has 0 fully saturated rings. The fourth-order valence-electron chi connectivity index (χ4n) is 4.88. The van der Waals surface area contributed by atoms with E-state index in [9.17, 15) is 14.0 Å². The third kappa shape index (κ3) is 4.59. The highest BCUT2D eigenvalue weighted by molar-refractivity contribution is 6.12. The molecule has 1 N–H and O–H groups in total. The molecule has 2 unspecified atom stereocenters. The van der Waals surface area contributed by atoms with Crippen molar-refractivity contribution in [1.82, 2.24) is 0 Å². The van der Waals surface area contributed by atoms with Crippen molar-refractivity contribution in [3.8, 4) is 11.5 Å². The van der Waals surface area contributed by atoms with Gasteiger partial charge >= 0.3 is 0 Å². The second-order valence-corrected chi connectivity index (χ2v) is 9.11. The number of benzene rings is 4. The summed E-state index contributed by atoms with van der Waals surface area (Å²) in [5, 5.41) is 2.89. The maximum absolute atomic E-state index is 14.3. The van der Waals surface area contributed by atoms with E-state index < -0.39 is 17.8 Å². The molecule has 192 valence electrons. The number of fused-ring (bicyclic) bond motifs is 1. The lowest BCUT2D eigenvalue weighted by molar-refractivity contribution is -0.118. The molecule has 2 amide bonds. The Bertz CT molecular complexity index is 1490. The zero-order valence-corrected chi connectivity index (χ0v) is 21.3. The van der Waals surface area contributed by atoms with Crippen molar-refractivity contribution in [2.24, 2.45) is 0 Å². The third-order valence-electron chi connectivity index (χ3n) is 6.87. The van der Waals surface area contributed by atoms with Crippen LogP contribution >= 0.6 is 0 Å². The Morgan fingerprint density at radius 2 is 1.50 bits per heavy atom. The largest absolute Gasteiger partial charge is 0.497 e. The molecule has 1 aliphatic heterocycles. The van der Waals surface area contributed by atoms with Crippen LogP contribution in [0, 0.1) is 12.7 Å². The van der Waals surface area contributed by atoms with E-state index in [-0.39, 0.29) is 11.8 Å². The standard InChI is InChI=1S/C31H27FN2O4/c1-19-8-11-21(18-27(19)32)33-30(35)28-25-6-4-5-7-26(25)31(36)34(22-12-16-24(38-3)17-13-22)29(28)20-9-14-23(37-2)15-10-20/h4-18,28-29H,1-3H3,(H,33,35). The Kier molecular flexibility index (Phi) is 6.83. The van der Waals surface area contributed by atoms with Crippen LogP contribution in [0.4, 0.5) is 15.8 Å². The molecule has 5 rings (SSSR count). The second-order valence-electron chi connectivity index (χ2n) is 9.11. The molecule has 0 aliphatic carbocycles. The lowest BCUT2D eigenvalue weighted by Crippen LogP contribution is -2.46. The van der Waals surface area contributed by atoms with E-state index in [1.165, 1.54) is 6.07 Å². The molecular weight excluding hydrogens is 483 g/mol. The van der Waals surface area contributed by atoms with Crippen molar-refractivity contribution in [3.05, 3.63) is 119 Å². The highest BCUT2D eigenvalue weighted by atomic mass is 19.1. The minimum Gasteiger partial charge on any atom is -0.497 e. The van der Waals surface area contributed by atoms with Gasteiger partial charge in [0.2, 0.25) is 5.91 Å². The summed E-state index contributed by atoms with van der Waals surface area (Å²) in [5.74, 6) is -0.472. The summed E-state index contributed by atoms with van der Waals surface area (Å²) in [6.07, 6.45) is 0. The van der Waals surface area contributed by atoms with Crippen LogP contribution in [-0.2, 0) is 4.79 Å². The SMILES string of the molecule is COc1ccc(C2C(C(=O)Nc3ccc(C)c(F)c3)c3ccccc3C(=O)N2c2ccc(OC)cc2)cc1. The lowest BCUT2D eigenvalue weighted by Gasteiger charge is -2.42. The Hall–Kier alpha value is -4.65. The summed E-state index contributed by atoms with van der Waals surface area (Å²) in [6.45, 7) is 1.66. The number of hydrogen-bond donors (Lipinski definition) is 1. The van der Waals surface area contributed by atoms with Gasteiger partial charge in [0.15, 0.2) is 0 Å². The van der Waals surface area contributed by atoms with E-state index in [2.05, 4.69) is 5.32 Å². The predicted octanol–water partition coefficient (Wildman–Crippen LogP) is 6.28. The minimum absolute atomic E-state index is 0.225. The first-order valence-corrected chi connectivity index (χ1v) is 12.2. The van der Waals surface area contributed by atoms with Crippen molar-refractivity contribution < 1.29 is 23.5 Å². The van der Waals surface area contributed by atoms with Gasteiger partial charge in [-0.15, -0.1) is 0 Å². The number of carbonyl (C=O) groups excluding carboxylic acids is 2. The Morgan fingerprint density at radius 1 is 0.868 bits per heavy atom. The molecule has 38 heavy (non-hydrogen) atoms. The van der Waals surface area contributed by atoms with E-state index in [1.54, 1.807) is 92.8 Å². The summed E-state index contributed by atoms with van der Waals surface area (Å²) >= 11 is 0. The van der Waals surface area contributed by atoms with Crippen LogP contribution in [-0.4, -0.2) is 26.0 Å². The number of anilines is 2. The van der Waals surface area contributed by atoms with Gasteiger partial charge in [0, 0.05) is 16.9 Å². The molecule has 0 saturated heterocycles.